The average Bonchev–Trinajstić information content (AvgIpc) is 2.28. The predicted molar refractivity (Wildman–Crippen MR) is 67.3 cm³/mol. The number of nitro groups is 1. The van der Waals surface area contributed by atoms with Crippen LogP contribution in [0.5, 0.6) is 0 Å². The topological polar surface area (TPSA) is 114 Å². The van der Waals surface area contributed by atoms with Crippen LogP contribution in [-0.2, 0) is 4.79 Å². The quantitative estimate of drug-likeness (QED) is 0.570. The summed E-state index contributed by atoms with van der Waals surface area (Å²) in [5.74, 6) is 0.141. The number of rotatable bonds is 5. The molecule has 0 saturated carbocycles. The van der Waals surface area contributed by atoms with Crippen LogP contribution in [-0.4, -0.2) is 36.0 Å². The minimum Gasteiger partial charge on any atom is -0.383 e. The Hall–Kier alpha value is -2.38. The molecule has 0 aliphatic rings. The molecule has 0 radical (unpaired) electrons. The highest BCUT2D eigenvalue weighted by atomic mass is 16.6. The average molecular weight is 253 g/mol. The lowest BCUT2D eigenvalue weighted by Gasteiger charge is -2.17. The van der Waals surface area contributed by atoms with E-state index in [0.29, 0.717) is 6.54 Å². The van der Waals surface area contributed by atoms with Gasteiger partial charge in [-0.1, -0.05) is 0 Å². The van der Waals surface area contributed by atoms with E-state index >= 15 is 0 Å². The van der Waals surface area contributed by atoms with Gasteiger partial charge in [0.25, 0.3) is 5.69 Å². The minimum absolute atomic E-state index is 0.0435. The Labute approximate surface area is 104 Å². The number of carbonyl (C=O) groups is 1. The van der Waals surface area contributed by atoms with Crippen LogP contribution in [0, 0.1) is 10.1 Å². The van der Waals surface area contributed by atoms with E-state index in [4.69, 9.17) is 5.73 Å². The molecule has 0 aliphatic heterocycles. The van der Waals surface area contributed by atoms with Crippen molar-refractivity contribution in [3.05, 3.63) is 22.2 Å². The molecule has 0 fully saturated rings. The Kier molecular flexibility index (Phi) is 4.41. The summed E-state index contributed by atoms with van der Waals surface area (Å²) in [6.07, 6.45) is 0. The highest BCUT2D eigenvalue weighted by Gasteiger charge is 2.14. The number of nitrogens with two attached hydrogens (primary N) is 1. The number of pyridine rings is 1. The lowest BCUT2D eigenvalue weighted by atomic mass is 10.3. The van der Waals surface area contributed by atoms with Gasteiger partial charge in [-0.15, -0.1) is 0 Å². The third kappa shape index (κ3) is 3.58. The first-order valence-electron chi connectivity index (χ1n) is 5.33. The van der Waals surface area contributed by atoms with Gasteiger partial charge in [0.15, 0.2) is 0 Å². The molecule has 0 unspecified atom stereocenters. The highest BCUT2D eigenvalue weighted by molar-refractivity contribution is 5.81. The summed E-state index contributed by atoms with van der Waals surface area (Å²) in [5.41, 5.74) is 5.33. The smallest absolute Gasteiger partial charge is 0.276 e. The van der Waals surface area contributed by atoms with Crippen molar-refractivity contribution >= 4 is 23.2 Å². The van der Waals surface area contributed by atoms with Crippen LogP contribution >= 0.6 is 0 Å². The molecule has 0 aromatic carbocycles. The summed E-state index contributed by atoms with van der Waals surface area (Å²) in [6.45, 7) is 2.39. The van der Waals surface area contributed by atoms with E-state index in [1.54, 1.807) is 7.05 Å². The van der Waals surface area contributed by atoms with Gasteiger partial charge in [-0.05, 0) is 6.92 Å². The van der Waals surface area contributed by atoms with Gasteiger partial charge < -0.3 is 16.0 Å². The lowest BCUT2D eigenvalue weighted by molar-refractivity contribution is -0.384. The van der Waals surface area contributed by atoms with Crippen LogP contribution in [0.3, 0.4) is 0 Å². The maximum atomic E-state index is 11.4. The third-order valence-corrected chi connectivity index (χ3v) is 2.17. The fraction of sp³-hybridized carbons (Fsp3) is 0.400. The normalized spacial score (nSPS) is 9.89. The van der Waals surface area contributed by atoms with Gasteiger partial charge in [0.2, 0.25) is 5.91 Å². The van der Waals surface area contributed by atoms with Gasteiger partial charge in [-0.3, -0.25) is 14.9 Å². The summed E-state index contributed by atoms with van der Waals surface area (Å²) in [4.78, 5) is 27.0. The first-order chi connectivity index (χ1) is 8.43. The number of carbonyl (C=O) groups excluding carboxylic acids is 1. The maximum absolute atomic E-state index is 11.4. The van der Waals surface area contributed by atoms with Crippen molar-refractivity contribution in [2.45, 2.75) is 6.92 Å². The predicted octanol–water partition coefficient (Wildman–Crippen LogP) is 0.144. The van der Waals surface area contributed by atoms with E-state index < -0.39 is 4.92 Å². The zero-order chi connectivity index (χ0) is 13.7. The van der Waals surface area contributed by atoms with Crippen molar-refractivity contribution in [3.63, 3.8) is 0 Å². The molecule has 0 aliphatic carbocycles. The number of aromatic nitrogens is 1. The van der Waals surface area contributed by atoms with Gasteiger partial charge in [0.1, 0.15) is 11.6 Å². The van der Waals surface area contributed by atoms with Crippen molar-refractivity contribution in [2.75, 3.05) is 30.8 Å². The van der Waals surface area contributed by atoms with Crippen molar-refractivity contribution < 1.29 is 9.72 Å². The fourth-order valence-corrected chi connectivity index (χ4v) is 1.37. The molecule has 8 nitrogen and oxygen atoms in total. The maximum Gasteiger partial charge on any atom is 0.276 e. The molecule has 1 aromatic heterocycles. The Bertz CT molecular complexity index is 463. The number of hydrogen-bond donors (Lipinski definition) is 2. The molecular formula is C10H15N5O3. The zero-order valence-electron chi connectivity index (χ0n) is 10.2. The van der Waals surface area contributed by atoms with E-state index in [1.165, 1.54) is 17.0 Å². The molecule has 1 rings (SSSR count). The molecule has 1 amide bonds. The van der Waals surface area contributed by atoms with Crippen molar-refractivity contribution in [1.29, 1.82) is 0 Å². The van der Waals surface area contributed by atoms with Crippen LogP contribution in [0.1, 0.15) is 6.92 Å². The Balaban J connectivity index is 2.88. The van der Waals surface area contributed by atoms with E-state index in [-0.39, 0.29) is 29.8 Å². The number of nitrogen functional groups attached to an aromatic ring is 1. The van der Waals surface area contributed by atoms with E-state index in [2.05, 4.69) is 10.3 Å². The molecule has 0 atom stereocenters. The second-order valence-electron chi connectivity index (χ2n) is 3.68. The molecule has 98 valence electrons. The summed E-state index contributed by atoms with van der Waals surface area (Å²) in [6, 6.07) is 2.44. The highest BCUT2D eigenvalue weighted by Crippen LogP contribution is 2.20. The molecule has 0 saturated heterocycles. The Morgan fingerprint density at radius 2 is 2.28 bits per heavy atom. The SMILES string of the molecule is CCNC(=O)CN(C)c1cc([N+](=O)[O-])cc(N)n1. The van der Waals surface area contributed by atoms with Gasteiger partial charge in [-0.2, -0.15) is 0 Å². The standard InChI is InChI=1S/C10H15N5O3/c1-3-12-10(16)6-14(2)9-5-7(15(17)18)4-8(11)13-9/h4-5H,3,6H2,1-2H3,(H2,11,13)(H,12,16). The van der Waals surface area contributed by atoms with Crippen molar-refractivity contribution in [1.82, 2.24) is 10.3 Å². The van der Waals surface area contributed by atoms with E-state index in [9.17, 15) is 14.9 Å². The lowest BCUT2D eigenvalue weighted by Crippen LogP contribution is -2.35. The monoisotopic (exact) mass is 253 g/mol. The van der Waals surface area contributed by atoms with E-state index in [1.807, 2.05) is 6.92 Å². The number of anilines is 2. The zero-order valence-corrected chi connectivity index (χ0v) is 10.2. The molecular weight excluding hydrogens is 238 g/mol. The molecule has 1 heterocycles. The molecule has 0 spiro atoms. The van der Waals surface area contributed by atoms with Crippen molar-refractivity contribution in [3.8, 4) is 0 Å². The molecule has 1 aromatic rings. The number of amides is 1. The minimum atomic E-state index is -0.554. The van der Waals surface area contributed by atoms with E-state index in [0.717, 1.165) is 0 Å². The number of hydrogen-bond acceptors (Lipinski definition) is 6. The molecule has 0 bridgehead atoms. The number of nitrogens with one attached hydrogen (secondary N) is 1. The van der Waals surface area contributed by atoms with Crippen LogP contribution in [0.25, 0.3) is 0 Å². The van der Waals surface area contributed by atoms with Gasteiger partial charge in [0.05, 0.1) is 23.6 Å². The van der Waals surface area contributed by atoms with Crippen molar-refractivity contribution in [2.24, 2.45) is 0 Å². The number of likely N-dealkylation sites (N-methyl/N-ethyl adjacent to an activating group) is 2. The van der Waals surface area contributed by atoms with Gasteiger partial charge >= 0.3 is 0 Å². The van der Waals surface area contributed by atoms with Crippen LogP contribution < -0.4 is 16.0 Å². The first kappa shape index (κ1) is 13.7. The fourth-order valence-electron chi connectivity index (χ4n) is 1.37. The summed E-state index contributed by atoms with van der Waals surface area (Å²) in [7, 11) is 1.61. The second kappa shape index (κ2) is 5.80. The van der Waals surface area contributed by atoms with Gasteiger partial charge in [-0.25, -0.2) is 4.98 Å². The summed E-state index contributed by atoms with van der Waals surface area (Å²) < 4.78 is 0. The summed E-state index contributed by atoms with van der Waals surface area (Å²) >= 11 is 0. The Morgan fingerprint density at radius 1 is 1.61 bits per heavy atom. The van der Waals surface area contributed by atoms with Crippen LogP contribution in [0.4, 0.5) is 17.3 Å². The second-order valence-corrected chi connectivity index (χ2v) is 3.68. The largest absolute Gasteiger partial charge is 0.383 e. The Morgan fingerprint density at radius 3 is 2.83 bits per heavy atom. The van der Waals surface area contributed by atoms with Crippen LogP contribution in [0.2, 0.25) is 0 Å². The molecule has 18 heavy (non-hydrogen) atoms. The molecule has 8 heteroatoms. The first-order valence-corrected chi connectivity index (χ1v) is 5.33. The summed E-state index contributed by atoms with van der Waals surface area (Å²) in [5, 5.41) is 13.3. The molecule has 3 N–H and O–H groups in total. The third-order valence-electron chi connectivity index (χ3n) is 2.17. The van der Waals surface area contributed by atoms with Crippen LogP contribution in [0.15, 0.2) is 12.1 Å². The number of nitrogens with zero attached hydrogens (tertiary/aromatic N) is 3. The van der Waals surface area contributed by atoms with Gasteiger partial charge in [0, 0.05) is 13.6 Å².